The van der Waals surface area contributed by atoms with Crippen molar-refractivity contribution in [1.29, 1.82) is 0 Å². The molecule has 1 aliphatic rings. The van der Waals surface area contributed by atoms with E-state index in [-0.39, 0.29) is 17.8 Å². The Balaban J connectivity index is 1.42. The number of nitrogens with zero attached hydrogens (tertiary/aromatic N) is 2. The quantitative estimate of drug-likeness (QED) is 0.693. The van der Waals surface area contributed by atoms with Crippen LogP contribution in [0.4, 0.5) is 4.39 Å². The van der Waals surface area contributed by atoms with Crippen molar-refractivity contribution in [2.75, 3.05) is 26.2 Å². The van der Waals surface area contributed by atoms with Crippen LogP contribution in [0, 0.1) is 5.82 Å². The van der Waals surface area contributed by atoms with Crippen molar-refractivity contribution in [1.82, 2.24) is 9.80 Å². The summed E-state index contributed by atoms with van der Waals surface area (Å²) in [5.74, 6) is -0.172. The zero-order valence-electron chi connectivity index (χ0n) is 16.5. The number of hydrogen-bond donors (Lipinski definition) is 0. The average Bonchev–Trinajstić information content (AvgIpc) is 2.72. The third-order valence-corrected chi connectivity index (χ3v) is 5.22. The second kappa shape index (κ2) is 10.3. The van der Waals surface area contributed by atoms with Gasteiger partial charge in [0.05, 0.1) is 19.3 Å². The van der Waals surface area contributed by atoms with Gasteiger partial charge in [0.2, 0.25) is 5.91 Å². The van der Waals surface area contributed by atoms with Crippen LogP contribution in [0.3, 0.4) is 0 Å². The van der Waals surface area contributed by atoms with E-state index in [0.29, 0.717) is 26.2 Å². The van der Waals surface area contributed by atoms with Crippen molar-refractivity contribution in [3.63, 3.8) is 0 Å². The van der Waals surface area contributed by atoms with Gasteiger partial charge in [-0.3, -0.25) is 9.69 Å². The summed E-state index contributed by atoms with van der Waals surface area (Å²) in [5.41, 5.74) is 2.01. The van der Waals surface area contributed by atoms with Gasteiger partial charge in [-0.25, -0.2) is 4.39 Å². The summed E-state index contributed by atoms with van der Waals surface area (Å²) in [6.07, 6.45) is 2.13. The van der Waals surface area contributed by atoms with Crippen LogP contribution < -0.4 is 0 Å². The minimum absolute atomic E-state index is 0.0930. The maximum absolute atomic E-state index is 13.4. The Bertz CT molecular complexity index is 745. The molecule has 1 heterocycles. The van der Waals surface area contributed by atoms with Gasteiger partial charge in [0.25, 0.3) is 0 Å². The van der Waals surface area contributed by atoms with E-state index in [4.69, 9.17) is 4.74 Å². The molecule has 2 aromatic rings. The van der Waals surface area contributed by atoms with E-state index < -0.39 is 0 Å². The fourth-order valence-corrected chi connectivity index (χ4v) is 3.55. The number of hydrogen-bond acceptors (Lipinski definition) is 3. The molecule has 0 aromatic heterocycles. The summed E-state index contributed by atoms with van der Waals surface area (Å²) < 4.78 is 19.4. The molecule has 1 fully saturated rings. The van der Waals surface area contributed by atoms with Crippen LogP contribution in [-0.2, 0) is 22.7 Å². The summed E-state index contributed by atoms with van der Waals surface area (Å²) in [6.45, 7) is 5.80. The molecule has 4 nitrogen and oxygen atoms in total. The van der Waals surface area contributed by atoms with E-state index in [1.807, 2.05) is 31.2 Å². The maximum atomic E-state index is 13.4. The molecule has 1 saturated heterocycles. The number of piperidine rings is 1. The fourth-order valence-electron chi connectivity index (χ4n) is 3.55. The minimum atomic E-state index is -0.265. The largest absolute Gasteiger partial charge is 0.373 e. The normalized spacial score (nSPS) is 15.5. The molecule has 0 unspecified atom stereocenters. The van der Waals surface area contributed by atoms with Gasteiger partial charge in [-0.15, -0.1) is 0 Å². The second-order valence-corrected chi connectivity index (χ2v) is 7.31. The summed E-state index contributed by atoms with van der Waals surface area (Å²) in [4.78, 5) is 16.7. The first-order valence-corrected chi connectivity index (χ1v) is 10.0. The van der Waals surface area contributed by atoms with E-state index in [1.54, 1.807) is 11.0 Å². The Hall–Kier alpha value is -2.24. The highest BCUT2D eigenvalue weighted by Crippen LogP contribution is 2.16. The van der Waals surface area contributed by atoms with Crippen molar-refractivity contribution in [3.8, 4) is 0 Å². The van der Waals surface area contributed by atoms with Gasteiger partial charge in [-0.1, -0.05) is 42.5 Å². The van der Waals surface area contributed by atoms with Gasteiger partial charge in [-0.2, -0.15) is 0 Å². The second-order valence-electron chi connectivity index (χ2n) is 7.31. The number of benzene rings is 2. The molecular weight excluding hydrogens is 355 g/mol. The molecule has 0 N–H and O–H groups in total. The molecule has 5 heteroatoms. The maximum Gasteiger partial charge on any atom is 0.237 e. The lowest BCUT2D eigenvalue weighted by Crippen LogP contribution is -2.44. The van der Waals surface area contributed by atoms with Gasteiger partial charge in [-0.05, 0) is 43.0 Å². The summed E-state index contributed by atoms with van der Waals surface area (Å²) in [5, 5.41) is 0. The van der Waals surface area contributed by atoms with Crippen LogP contribution in [0.25, 0.3) is 0 Å². The van der Waals surface area contributed by atoms with Crippen LogP contribution in [0.15, 0.2) is 54.6 Å². The van der Waals surface area contributed by atoms with Crippen molar-refractivity contribution in [3.05, 3.63) is 71.5 Å². The van der Waals surface area contributed by atoms with Gasteiger partial charge >= 0.3 is 0 Å². The zero-order valence-corrected chi connectivity index (χ0v) is 16.5. The number of carbonyl (C=O) groups excluding carboxylic acids is 1. The molecule has 0 bridgehead atoms. The third-order valence-electron chi connectivity index (χ3n) is 5.22. The number of likely N-dealkylation sites (N-methyl/N-ethyl adjacent to an activating group) is 1. The summed E-state index contributed by atoms with van der Waals surface area (Å²) in [7, 11) is 0. The zero-order chi connectivity index (χ0) is 19.8. The lowest BCUT2D eigenvalue weighted by atomic mass is 10.1. The topological polar surface area (TPSA) is 32.8 Å². The molecule has 28 heavy (non-hydrogen) atoms. The molecule has 1 amide bonds. The van der Waals surface area contributed by atoms with Crippen molar-refractivity contribution in [2.24, 2.45) is 0 Å². The van der Waals surface area contributed by atoms with E-state index in [2.05, 4.69) is 17.0 Å². The fraction of sp³-hybridized carbons (Fsp3) is 0.435. The van der Waals surface area contributed by atoms with E-state index in [0.717, 1.165) is 31.5 Å². The van der Waals surface area contributed by atoms with Crippen LogP contribution in [0.1, 0.15) is 30.9 Å². The minimum Gasteiger partial charge on any atom is -0.373 e. The molecule has 3 rings (SSSR count). The third kappa shape index (κ3) is 6.14. The van der Waals surface area contributed by atoms with Gasteiger partial charge < -0.3 is 9.64 Å². The summed E-state index contributed by atoms with van der Waals surface area (Å²) >= 11 is 0. The molecule has 0 radical (unpaired) electrons. The standard InChI is InChI=1S/C23H29FN2O2/c1-2-26(16-20-9-6-10-21(24)15-20)23(27)17-25-13-11-22(12-14-25)28-18-19-7-4-3-5-8-19/h3-10,15,22H,2,11-14,16-18H2,1H3. The summed E-state index contributed by atoms with van der Waals surface area (Å²) in [6, 6.07) is 16.7. The number of likely N-dealkylation sites (tertiary alicyclic amines) is 1. The number of ether oxygens (including phenoxy) is 1. The van der Waals surface area contributed by atoms with E-state index >= 15 is 0 Å². The predicted molar refractivity (Wildman–Crippen MR) is 108 cm³/mol. The first kappa shape index (κ1) is 20.5. The Morgan fingerprint density at radius 1 is 1.11 bits per heavy atom. The van der Waals surface area contributed by atoms with Crippen molar-refractivity contribution < 1.29 is 13.9 Å². The van der Waals surface area contributed by atoms with Crippen LogP contribution >= 0.6 is 0 Å². The highest BCUT2D eigenvalue weighted by atomic mass is 19.1. The number of carbonyl (C=O) groups is 1. The van der Waals surface area contributed by atoms with E-state index in [9.17, 15) is 9.18 Å². The molecule has 2 aromatic carbocycles. The van der Waals surface area contributed by atoms with Gasteiger partial charge in [0.15, 0.2) is 0 Å². The predicted octanol–water partition coefficient (Wildman–Crippen LogP) is 3.86. The monoisotopic (exact) mass is 384 g/mol. The Morgan fingerprint density at radius 2 is 1.82 bits per heavy atom. The molecule has 0 spiro atoms. The Morgan fingerprint density at radius 3 is 2.50 bits per heavy atom. The van der Waals surface area contributed by atoms with Crippen LogP contribution in [0.2, 0.25) is 0 Å². The SMILES string of the molecule is CCN(Cc1cccc(F)c1)C(=O)CN1CCC(OCc2ccccc2)CC1. The molecule has 0 aliphatic carbocycles. The van der Waals surface area contributed by atoms with Crippen molar-refractivity contribution >= 4 is 5.91 Å². The number of amides is 1. The highest BCUT2D eigenvalue weighted by molar-refractivity contribution is 5.78. The molecule has 0 atom stereocenters. The lowest BCUT2D eigenvalue weighted by Gasteiger charge is -2.33. The van der Waals surface area contributed by atoms with Crippen molar-refractivity contribution in [2.45, 2.75) is 39.0 Å². The smallest absolute Gasteiger partial charge is 0.237 e. The number of rotatable bonds is 8. The van der Waals surface area contributed by atoms with E-state index in [1.165, 1.54) is 17.7 Å². The highest BCUT2D eigenvalue weighted by Gasteiger charge is 2.23. The first-order valence-electron chi connectivity index (χ1n) is 10.0. The molecule has 150 valence electrons. The molecule has 0 saturated carbocycles. The lowest BCUT2D eigenvalue weighted by molar-refractivity contribution is -0.133. The van der Waals surface area contributed by atoms with Gasteiger partial charge in [0, 0.05) is 26.2 Å². The molecular formula is C23H29FN2O2. The number of halogens is 1. The molecule has 1 aliphatic heterocycles. The van der Waals surface area contributed by atoms with Crippen LogP contribution in [-0.4, -0.2) is 48.0 Å². The van der Waals surface area contributed by atoms with Crippen LogP contribution in [0.5, 0.6) is 0 Å². The first-order chi connectivity index (χ1) is 13.6. The Labute approximate surface area is 166 Å². The Kier molecular flexibility index (Phi) is 7.57. The average molecular weight is 384 g/mol. The van der Waals surface area contributed by atoms with Gasteiger partial charge in [0.1, 0.15) is 5.82 Å².